The van der Waals surface area contributed by atoms with Crippen LogP contribution in [0.5, 0.6) is 0 Å². The number of primary amides is 1. The van der Waals surface area contributed by atoms with E-state index in [-0.39, 0.29) is 17.1 Å². The highest BCUT2D eigenvalue weighted by atomic mass is 35.5. The lowest BCUT2D eigenvalue weighted by Gasteiger charge is -2.14. The summed E-state index contributed by atoms with van der Waals surface area (Å²) in [5.41, 5.74) is 12.7. The summed E-state index contributed by atoms with van der Waals surface area (Å²) in [6.45, 7) is 3.75. The standard InChI is InChI=1S/C17H14ClNO.C6H8N4O/c1-2-13-11-12-7-6-10-15(18)16(12)17(20)19(13)14-8-4-3-5-9-14;1-3-2-9-5(7)4(10-3)6(8)11/h3-11H,2H2,1H3;2H,1H3,(H2,7,9)(H2,8,11). The van der Waals surface area contributed by atoms with E-state index in [1.54, 1.807) is 17.6 Å². The number of amides is 1. The summed E-state index contributed by atoms with van der Waals surface area (Å²) in [5.74, 6) is -0.582. The molecule has 0 aliphatic carbocycles. The molecule has 4 rings (SSSR count). The van der Waals surface area contributed by atoms with Crippen LogP contribution in [0.2, 0.25) is 5.02 Å². The van der Waals surface area contributed by atoms with Crippen molar-refractivity contribution < 1.29 is 4.79 Å². The molecule has 0 atom stereocenters. The van der Waals surface area contributed by atoms with Crippen LogP contribution in [0, 0.1) is 6.92 Å². The SMILES string of the molecule is CCc1cc2cccc(Cl)c2c(=O)n1-c1ccccc1.Cc1cnc(N)c(C(N)=O)n1. The summed E-state index contributed by atoms with van der Waals surface area (Å²) in [5, 5.41) is 1.97. The fraction of sp³-hybridized carbons (Fsp3) is 0.130. The number of carbonyl (C=O) groups excluding carboxylic acids is 1. The molecule has 0 saturated heterocycles. The first-order valence-electron chi connectivity index (χ1n) is 9.61. The molecule has 0 spiro atoms. The number of halogens is 1. The molecule has 2 aromatic heterocycles. The molecule has 2 heterocycles. The summed E-state index contributed by atoms with van der Waals surface area (Å²) < 4.78 is 1.74. The topological polar surface area (TPSA) is 117 Å². The lowest BCUT2D eigenvalue weighted by Crippen LogP contribution is -2.22. The molecule has 158 valence electrons. The van der Waals surface area contributed by atoms with E-state index in [0.717, 1.165) is 23.2 Å². The minimum absolute atomic E-state index is 0.0324. The normalized spacial score (nSPS) is 10.4. The minimum atomic E-state index is -0.654. The van der Waals surface area contributed by atoms with Gasteiger partial charge in [-0.25, -0.2) is 9.97 Å². The van der Waals surface area contributed by atoms with Crippen LogP contribution in [0.1, 0.15) is 28.8 Å². The molecule has 0 unspecified atom stereocenters. The molecular formula is C23H22ClN5O2. The van der Waals surface area contributed by atoms with Gasteiger partial charge in [0.25, 0.3) is 11.5 Å². The van der Waals surface area contributed by atoms with Crippen molar-refractivity contribution in [1.82, 2.24) is 14.5 Å². The Balaban J connectivity index is 0.000000210. The molecule has 0 radical (unpaired) electrons. The minimum Gasteiger partial charge on any atom is -0.382 e. The predicted octanol–water partition coefficient (Wildman–Crippen LogP) is 3.67. The Kier molecular flexibility index (Phi) is 6.67. The van der Waals surface area contributed by atoms with Gasteiger partial charge in [-0.1, -0.05) is 48.9 Å². The number of nitrogens with two attached hydrogens (primary N) is 2. The smallest absolute Gasteiger partial charge is 0.271 e. The van der Waals surface area contributed by atoms with Crippen molar-refractivity contribution >= 4 is 34.1 Å². The number of aromatic nitrogens is 3. The maximum atomic E-state index is 12.8. The van der Waals surface area contributed by atoms with Crippen molar-refractivity contribution in [1.29, 1.82) is 0 Å². The van der Waals surface area contributed by atoms with Crippen molar-refractivity contribution in [3.8, 4) is 5.69 Å². The molecule has 31 heavy (non-hydrogen) atoms. The number of aryl methyl sites for hydroxylation is 2. The van der Waals surface area contributed by atoms with Crippen LogP contribution >= 0.6 is 11.6 Å². The second-order valence-corrected chi connectivity index (χ2v) is 7.19. The van der Waals surface area contributed by atoms with Crippen molar-refractivity contribution in [2.75, 3.05) is 5.73 Å². The fourth-order valence-corrected chi connectivity index (χ4v) is 3.42. The predicted molar refractivity (Wildman–Crippen MR) is 124 cm³/mol. The van der Waals surface area contributed by atoms with E-state index in [1.807, 2.05) is 55.5 Å². The highest BCUT2D eigenvalue weighted by Crippen LogP contribution is 2.22. The van der Waals surface area contributed by atoms with E-state index in [0.29, 0.717) is 16.1 Å². The van der Waals surface area contributed by atoms with Crippen molar-refractivity contribution in [3.05, 3.63) is 93.3 Å². The average molecular weight is 436 g/mol. The molecule has 0 fully saturated rings. The number of hydrogen-bond donors (Lipinski definition) is 2. The lowest BCUT2D eigenvalue weighted by molar-refractivity contribution is 0.0996. The van der Waals surface area contributed by atoms with E-state index < -0.39 is 5.91 Å². The van der Waals surface area contributed by atoms with Crippen LogP contribution in [0.15, 0.2) is 65.6 Å². The molecule has 0 bridgehead atoms. The number of benzene rings is 2. The number of carbonyl (C=O) groups is 1. The zero-order valence-electron chi connectivity index (χ0n) is 17.2. The lowest BCUT2D eigenvalue weighted by atomic mass is 10.1. The second kappa shape index (κ2) is 9.40. The number of anilines is 1. The second-order valence-electron chi connectivity index (χ2n) is 6.78. The average Bonchev–Trinajstić information content (AvgIpc) is 2.76. The molecule has 4 aromatic rings. The summed E-state index contributed by atoms with van der Waals surface area (Å²) in [7, 11) is 0. The summed E-state index contributed by atoms with van der Waals surface area (Å²) in [4.78, 5) is 30.9. The maximum Gasteiger partial charge on any atom is 0.271 e. The number of pyridine rings is 1. The Hall–Kier alpha value is -3.71. The van der Waals surface area contributed by atoms with Gasteiger partial charge in [-0.15, -0.1) is 0 Å². The molecule has 7 nitrogen and oxygen atoms in total. The van der Waals surface area contributed by atoms with Crippen LogP contribution in [0.25, 0.3) is 16.5 Å². The first-order chi connectivity index (χ1) is 14.8. The Morgan fingerprint density at radius 3 is 2.45 bits per heavy atom. The van der Waals surface area contributed by atoms with Crippen LogP contribution in [0.4, 0.5) is 5.82 Å². The molecule has 4 N–H and O–H groups in total. The zero-order chi connectivity index (χ0) is 22.5. The van der Waals surface area contributed by atoms with Crippen molar-refractivity contribution in [2.24, 2.45) is 5.73 Å². The number of fused-ring (bicyclic) bond motifs is 1. The molecule has 0 aliphatic heterocycles. The van der Waals surface area contributed by atoms with Gasteiger partial charge in [0, 0.05) is 11.4 Å². The van der Waals surface area contributed by atoms with Gasteiger partial charge >= 0.3 is 0 Å². The van der Waals surface area contributed by atoms with Gasteiger partial charge in [-0.3, -0.25) is 14.2 Å². The maximum absolute atomic E-state index is 12.8. The molecule has 8 heteroatoms. The van der Waals surface area contributed by atoms with E-state index in [4.69, 9.17) is 23.1 Å². The van der Waals surface area contributed by atoms with Gasteiger partial charge in [-0.05, 0) is 43.0 Å². The third-order valence-corrected chi connectivity index (χ3v) is 4.92. The molecule has 2 aromatic carbocycles. The summed E-state index contributed by atoms with van der Waals surface area (Å²) >= 11 is 6.20. The number of para-hydroxylation sites is 1. The van der Waals surface area contributed by atoms with Gasteiger partial charge in [0.05, 0.1) is 22.3 Å². The highest BCUT2D eigenvalue weighted by molar-refractivity contribution is 6.35. The number of rotatable bonds is 3. The van der Waals surface area contributed by atoms with Crippen LogP contribution < -0.4 is 17.0 Å². The number of hydrogen-bond acceptors (Lipinski definition) is 5. The highest BCUT2D eigenvalue weighted by Gasteiger charge is 2.12. The molecular weight excluding hydrogens is 414 g/mol. The largest absolute Gasteiger partial charge is 0.382 e. The van der Waals surface area contributed by atoms with E-state index in [2.05, 4.69) is 9.97 Å². The van der Waals surface area contributed by atoms with Gasteiger partial charge in [0.15, 0.2) is 11.5 Å². The third-order valence-electron chi connectivity index (χ3n) is 4.60. The Bertz CT molecular complexity index is 1300. The zero-order valence-corrected chi connectivity index (χ0v) is 17.9. The van der Waals surface area contributed by atoms with Crippen LogP contribution in [-0.4, -0.2) is 20.4 Å². The van der Waals surface area contributed by atoms with Gasteiger partial charge in [-0.2, -0.15) is 0 Å². The molecule has 0 aliphatic rings. The van der Waals surface area contributed by atoms with Gasteiger partial charge in [0.2, 0.25) is 0 Å². The van der Waals surface area contributed by atoms with Crippen LogP contribution in [-0.2, 0) is 6.42 Å². The number of nitrogens with zero attached hydrogens (tertiary/aromatic N) is 3. The van der Waals surface area contributed by atoms with E-state index in [1.165, 1.54) is 6.20 Å². The summed E-state index contributed by atoms with van der Waals surface area (Å²) in [6.07, 6.45) is 2.26. The van der Waals surface area contributed by atoms with Crippen LogP contribution in [0.3, 0.4) is 0 Å². The number of nitrogen functional groups attached to an aromatic ring is 1. The van der Waals surface area contributed by atoms with Gasteiger partial charge < -0.3 is 11.5 Å². The quantitative estimate of drug-likeness (QED) is 0.509. The van der Waals surface area contributed by atoms with Crippen molar-refractivity contribution in [2.45, 2.75) is 20.3 Å². The van der Waals surface area contributed by atoms with Gasteiger partial charge in [0.1, 0.15) is 0 Å². The monoisotopic (exact) mass is 435 g/mol. The van der Waals surface area contributed by atoms with E-state index in [9.17, 15) is 9.59 Å². The fourth-order valence-electron chi connectivity index (χ4n) is 3.16. The van der Waals surface area contributed by atoms with E-state index >= 15 is 0 Å². The Morgan fingerprint density at radius 2 is 1.84 bits per heavy atom. The third kappa shape index (κ3) is 4.73. The Labute approximate surface area is 184 Å². The summed E-state index contributed by atoms with van der Waals surface area (Å²) in [6, 6.07) is 17.3. The molecule has 1 amide bonds. The first-order valence-corrected chi connectivity index (χ1v) is 9.98. The van der Waals surface area contributed by atoms with Crippen molar-refractivity contribution in [3.63, 3.8) is 0 Å². The molecule has 0 saturated carbocycles. The Morgan fingerprint density at radius 1 is 1.13 bits per heavy atom. The first kappa shape index (κ1) is 22.0.